The van der Waals surface area contributed by atoms with Gasteiger partial charge in [-0.3, -0.25) is 9.56 Å². The van der Waals surface area contributed by atoms with Crippen LogP contribution in [0.1, 0.15) is 36.2 Å². The third-order valence-corrected chi connectivity index (χ3v) is 5.20. The predicted molar refractivity (Wildman–Crippen MR) is 114 cm³/mol. The van der Waals surface area contributed by atoms with Crippen molar-refractivity contribution in [3.8, 4) is 11.6 Å². The third-order valence-electron chi connectivity index (χ3n) is 4.92. The molecule has 0 unspecified atom stereocenters. The number of aromatic hydroxyl groups is 1. The van der Waals surface area contributed by atoms with Crippen LogP contribution in [0.3, 0.4) is 0 Å². The molecular weight excluding hydrogens is 354 g/mol. The monoisotopic (exact) mass is 375 g/mol. The topological polar surface area (TPSA) is 53.3 Å². The summed E-state index contributed by atoms with van der Waals surface area (Å²) in [6, 6.07) is 14.2. The largest absolute Gasteiger partial charge is 0.493 e. The molecule has 0 fully saturated rings. The summed E-state index contributed by atoms with van der Waals surface area (Å²) in [6.45, 7) is 4.23. The number of aryl methyl sites for hydroxylation is 2. The van der Waals surface area contributed by atoms with Crippen molar-refractivity contribution in [2.24, 2.45) is 4.99 Å². The van der Waals surface area contributed by atoms with Gasteiger partial charge in [0.05, 0.1) is 11.4 Å². The van der Waals surface area contributed by atoms with Crippen LogP contribution < -0.4 is 0 Å². The summed E-state index contributed by atoms with van der Waals surface area (Å²) in [5, 5.41) is 10.8. The van der Waals surface area contributed by atoms with Crippen molar-refractivity contribution < 1.29 is 5.11 Å². The highest BCUT2D eigenvalue weighted by molar-refractivity contribution is 7.71. The Balaban J connectivity index is 1.79. The van der Waals surface area contributed by atoms with Gasteiger partial charge in [-0.05, 0) is 54.4 Å². The summed E-state index contributed by atoms with van der Waals surface area (Å²) < 4.78 is 2.13. The van der Waals surface area contributed by atoms with Crippen LogP contribution in [0.2, 0.25) is 0 Å². The van der Waals surface area contributed by atoms with Crippen LogP contribution >= 0.6 is 12.2 Å². The molecule has 1 aliphatic rings. The summed E-state index contributed by atoms with van der Waals surface area (Å²) in [5.74, 6) is 0.106. The molecule has 2 heterocycles. The van der Waals surface area contributed by atoms with Gasteiger partial charge in [0.15, 0.2) is 4.77 Å². The zero-order valence-electron chi connectivity index (χ0n) is 15.4. The first-order valence-corrected chi connectivity index (χ1v) is 9.54. The Kier molecular flexibility index (Phi) is 4.54. The Hall–Kier alpha value is -2.92. The lowest BCUT2D eigenvalue weighted by Crippen LogP contribution is -1.94. The lowest BCUT2D eigenvalue weighted by Gasteiger charge is -2.06. The van der Waals surface area contributed by atoms with Gasteiger partial charge in [-0.15, -0.1) is 0 Å². The lowest BCUT2D eigenvalue weighted by molar-refractivity contribution is 0.441. The average Bonchev–Trinajstić information content (AvgIpc) is 3.22. The first kappa shape index (κ1) is 17.5. The predicted octanol–water partition coefficient (Wildman–Crippen LogP) is 5.62. The molecule has 3 aromatic rings. The molecule has 0 bridgehead atoms. The van der Waals surface area contributed by atoms with Crippen molar-refractivity contribution in [2.75, 3.05) is 0 Å². The van der Waals surface area contributed by atoms with Crippen molar-refractivity contribution >= 4 is 35.8 Å². The van der Waals surface area contributed by atoms with Gasteiger partial charge in [-0.25, -0.2) is 0 Å². The lowest BCUT2D eigenvalue weighted by atomic mass is 10.0. The number of nitrogens with zero attached hydrogens (tertiary/aromatic N) is 2. The van der Waals surface area contributed by atoms with E-state index in [4.69, 9.17) is 12.2 Å². The van der Waals surface area contributed by atoms with Crippen LogP contribution in [0.5, 0.6) is 5.88 Å². The smallest absolute Gasteiger partial charge is 0.222 e. The van der Waals surface area contributed by atoms with Crippen LogP contribution in [0.4, 0.5) is 5.69 Å². The van der Waals surface area contributed by atoms with Crippen LogP contribution in [0, 0.1) is 4.77 Å². The molecule has 0 saturated heterocycles. The number of aromatic amines is 1. The first-order valence-electron chi connectivity index (χ1n) is 9.13. The highest BCUT2D eigenvalue weighted by atomic mass is 32.1. The third kappa shape index (κ3) is 3.04. The summed E-state index contributed by atoms with van der Waals surface area (Å²) in [5.41, 5.74) is 6.90. The quantitative estimate of drug-likeness (QED) is 0.581. The summed E-state index contributed by atoms with van der Waals surface area (Å²) >= 11 is 5.46. The molecule has 136 valence electrons. The Morgan fingerprint density at radius 2 is 1.96 bits per heavy atom. The number of benzene rings is 2. The summed E-state index contributed by atoms with van der Waals surface area (Å²) in [6.07, 6.45) is 5.61. The Bertz CT molecular complexity index is 1130. The fourth-order valence-corrected chi connectivity index (χ4v) is 3.74. The maximum Gasteiger partial charge on any atom is 0.222 e. The maximum atomic E-state index is 10.8. The Labute approximate surface area is 163 Å². The zero-order chi connectivity index (χ0) is 19.0. The molecule has 0 aliphatic carbocycles. The van der Waals surface area contributed by atoms with Gasteiger partial charge in [-0.1, -0.05) is 44.2 Å². The molecule has 4 nitrogen and oxygen atoms in total. The fourth-order valence-electron chi connectivity index (χ4n) is 3.44. The number of H-pyrrole nitrogens is 1. The second-order valence-corrected chi connectivity index (χ2v) is 6.94. The second kappa shape index (κ2) is 7.00. The van der Waals surface area contributed by atoms with E-state index in [1.807, 2.05) is 36.6 Å². The molecule has 0 saturated carbocycles. The van der Waals surface area contributed by atoms with E-state index in [1.54, 1.807) is 4.57 Å². The van der Waals surface area contributed by atoms with Gasteiger partial charge in [0.2, 0.25) is 5.88 Å². The minimum Gasteiger partial charge on any atom is -0.493 e. The van der Waals surface area contributed by atoms with Crippen LogP contribution in [-0.4, -0.2) is 20.9 Å². The molecule has 1 aliphatic heterocycles. The fraction of sp³-hybridized carbons (Fsp3) is 0.182. The summed E-state index contributed by atoms with van der Waals surface area (Å²) in [4.78, 5) is 7.69. The molecule has 0 amide bonds. The standard InChI is InChI=1S/C22H21N3OS/c1-3-14-7-5-9-17(11-14)25-21(26)19(24-22(25)27)12-16-13-23-20-15(4-2)8-6-10-18(16)20/h5-13,26H,3-4H2,1-2H3,(H,24,27)/b16-12+. The second-order valence-electron chi connectivity index (χ2n) is 6.55. The van der Waals surface area contributed by atoms with E-state index in [-0.39, 0.29) is 5.88 Å². The number of hydrogen-bond acceptors (Lipinski definition) is 3. The first-order chi connectivity index (χ1) is 13.1. The molecule has 5 heteroatoms. The van der Waals surface area contributed by atoms with Crippen LogP contribution in [0.25, 0.3) is 17.3 Å². The molecule has 2 aromatic carbocycles. The molecular formula is C22H21N3OS. The van der Waals surface area contributed by atoms with Crippen molar-refractivity contribution in [2.45, 2.75) is 26.7 Å². The molecule has 4 rings (SSSR count). The van der Waals surface area contributed by atoms with E-state index in [1.165, 1.54) is 11.1 Å². The highest BCUT2D eigenvalue weighted by Gasteiger charge is 2.17. The van der Waals surface area contributed by atoms with Gasteiger partial charge >= 0.3 is 0 Å². The van der Waals surface area contributed by atoms with Gasteiger partial charge in [0, 0.05) is 17.4 Å². The van der Waals surface area contributed by atoms with Crippen molar-refractivity contribution in [3.63, 3.8) is 0 Å². The molecule has 27 heavy (non-hydrogen) atoms. The number of nitrogens with one attached hydrogen (secondary N) is 1. The number of imidazole rings is 1. The van der Waals surface area contributed by atoms with E-state index >= 15 is 0 Å². The zero-order valence-corrected chi connectivity index (χ0v) is 16.2. The molecule has 0 radical (unpaired) electrons. The van der Waals surface area contributed by atoms with Crippen molar-refractivity contribution in [1.82, 2.24) is 9.55 Å². The minimum absolute atomic E-state index is 0.106. The van der Waals surface area contributed by atoms with Crippen molar-refractivity contribution in [1.29, 1.82) is 0 Å². The Morgan fingerprint density at radius 1 is 1.15 bits per heavy atom. The SMILES string of the molecule is CCc1cccc(-n2c(O)c(/C=C3\C=Nc4c(CC)cccc43)[nH]c2=S)c1. The molecule has 0 spiro atoms. The van der Waals surface area contributed by atoms with E-state index in [0.29, 0.717) is 10.5 Å². The number of aliphatic imine (C=N–C) groups is 1. The maximum absolute atomic E-state index is 10.8. The van der Waals surface area contributed by atoms with E-state index in [0.717, 1.165) is 35.4 Å². The number of allylic oxidation sites excluding steroid dienone is 1. The van der Waals surface area contributed by atoms with Gasteiger partial charge in [0.25, 0.3) is 0 Å². The molecule has 2 N–H and O–H groups in total. The number of rotatable bonds is 4. The summed E-state index contributed by atoms with van der Waals surface area (Å²) in [7, 11) is 0. The minimum atomic E-state index is 0.106. The van der Waals surface area contributed by atoms with Gasteiger partial charge < -0.3 is 10.1 Å². The number of para-hydroxylation sites is 1. The number of fused-ring (bicyclic) bond motifs is 1. The average molecular weight is 375 g/mol. The normalized spacial score (nSPS) is 14.1. The van der Waals surface area contributed by atoms with E-state index < -0.39 is 0 Å². The van der Waals surface area contributed by atoms with E-state index in [9.17, 15) is 5.11 Å². The number of aromatic nitrogens is 2. The highest BCUT2D eigenvalue weighted by Crippen LogP contribution is 2.36. The Morgan fingerprint density at radius 3 is 2.74 bits per heavy atom. The number of hydrogen-bond donors (Lipinski definition) is 2. The van der Waals surface area contributed by atoms with Crippen LogP contribution in [-0.2, 0) is 12.8 Å². The molecule has 0 atom stereocenters. The van der Waals surface area contributed by atoms with E-state index in [2.05, 4.69) is 42.0 Å². The van der Waals surface area contributed by atoms with Gasteiger partial charge in [-0.2, -0.15) is 0 Å². The van der Waals surface area contributed by atoms with Crippen LogP contribution in [0.15, 0.2) is 47.5 Å². The van der Waals surface area contributed by atoms with Crippen molar-refractivity contribution in [3.05, 3.63) is 69.6 Å². The van der Waals surface area contributed by atoms with Gasteiger partial charge in [0.1, 0.15) is 5.69 Å². The molecule has 1 aromatic heterocycles.